The van der Waals surface area contributed by atoms with Crippen molar-refractivity contribution in [3.63, 3.8) is 0 Å². The van der Waals surface area contributed by atoms with Crippen LogP contribution in [0.4, 0.5) is 8.78 Å². The van der Waals surface area contributed by atoms with Gasteiger partial charge in [0.15, 0.2) is 0 Å². The molecule has 3 aliphatic rings. The number of hydrogen-bond acceptors (Lipinski definition) is 3. The molecular formula is C12H16F2O3S. The average Bonchev–Trinajstić information content (AvgIpc) is 2.39. The van der Waals surface area contributed by atoms with E-state index in [4.69, 9.17) is 0 Å². The number of esters is 1. The second-order valence-corrected chi connectivity index (χ2v) is 6.41. The molecule has 3 nitrogen and oxygen atoms in total. The summed E-state index contributed by atoms with van der Waals surface area (Å²) in [6.45, 7) is 1.31. The first-order valence-corrected chi connectivity index (χ1v) is 7.32. The zero-order valence-electron chi connectivity index (χ0n) is 10.1. The third-order valence-corrected chi connectivity index (χ3v) is 5.32. The van der Waals surface area contributed by atoms with Crippen molar-refractivity contribution in [2.24, 2.45) is 11.8 Å². The van der Waals surface area contributed by atoms with Crippen molar-refractivity contribution in [3.8, 4) is 0 Å². The minimum atomic E-state index is -3.90. The van der Waals surface area contributed by atoms with Crippen LogP contribution in [0.25, 0.3) is 0 Å². The van der Waals surface area contributed by atoms with Crippen molar-refractivity contribution >= 4 is 16.8 Å². The number of allylic oxidation sites excluding steroid dienone is 2. The molecule has 3 rings (SSSR count). The van der Waals surface area contributed by atoms with Crippen LogP contribution in [0.3, 0.4) is 0 Å². The lowest BCUT2D eigenvalue weighted by Crippen LogP contribution is -2.45. The number of hydrogen-bond donors (Lipinski definition) is 0. The Labute approximate surface area is 107 Å². The molecule has 6 heteroatoms. The maximum atomic E-state index is 13.7. The van der Waals surface area contributed by atoms with E-state index in [9.17, 15) is 17.8 Å². The summed E-state index contributed by atoms with van der Waals surface area (Å²) >= 11 is 0. The van der Waals surface area contributed by atoms with Gasteiger partial charge in [-0.15, -0.1) is 0 Å². The minimum Gasteiger partial charge on any atom is -0.461 e. The zero-order chi connectivity index (χ0) is 13.3. The molecule has 3 aliphatic carbocycles. The molecule has 0 amide bonds. The van der Waals surface area contributed by atoms with E-state index in [1.165, 1.54) is 6.92 Å². The minimum absolute atomic E-state index is 0.101. The average molecular weight is 278 g/mol. The van der Waals surface area contributed by atoms with Crippen molar-refractivity contribution < 1.29 is 22.5 Å². The molecule has 102 valence electrons. The van der Waals surface area contributed by atoms with Gasteiger partial charge in [0.2, 0.25) is 0 Å². The first-order chi connectivity index (χ1) is 8.46. The molecule has 18 heavy (non-hydrogen) atoms. The first-order valence-electron chi connectivity index (χ1n) is 6.10. The summed E-state index contributed by atoms with van der Waals surface area (Å²) in [4.78, 5) is 11.2. The Morgan fingerprint density at radius 2 is 2.17 bits per heavy atom. The molecule has 1 unspecified atom stereocenters. The SMILES string of the molecule is CCOC(=O)C(F)(F)S(=O)[C@@H]1C[C@@H]2C=C[C@H]1CC2. The lowest BCUT2D eigenvalue weighted by atomic mass is 9.76. The first kappa shape index (κ1) is 13.6. The molecule has 0 aromatic carbocycles. The number of ether oxygens (including phenoxy) is 1. The largest absolute Gasteiger partial charge is 0.461 e. The molecule has 0 radical (unpaired) electrons. The third-order valence-electron chi connectivity index (χ3n) is 3.55. The summed E-state index contributed by atoms with van der Waals surface area (Å²) in [5.41, 5.74) is 0. The van der Waals surface area contributed by atoms with Gasteiger partial charge in [0, 0.05) is 5.25 Å². The number of rotatable bonds is 4. The lowest BCUT2D eigenvalue weighted by Gasteiger charge is -2.38. The Bertz CT molecular complexity index is 395. The zero-order valence-corrected chi connectivity index (χ0v) is 10.9. The molecule has 4 atom stereocenters. The summed E-state index contributed by atoms with van der Waals surface area (Å²) in [5.74, 6) is -1.55. The number of alkyl halides is 2. The van der Waals surface area contributed by atoms with Crippen LogP contribution in [0.5, 0.6) is 0 Å². The van der Waals surface area contributed by atoms with Gasteiger partial charge in [0.1, 0.15) is 10.8 Å². The second-order valence-electron chi connectivity index (χ2n) is 4.69. The van der Waals surface area contributed by atoms with Gasteiger partial charge in [0.25, 0.3) is 0 Å². The Morgan fingerprint density at radius 1 is 1.44 bits per heavy atom. The highest BCUT2D eigenvalue weighted by molar-refractivity contribution is 7.87. The van der Waals surface area contributed by atoms with Crippen LogP contribution in [0, 0.1) is 11.8 Å². The molecule has 1 fully saturated rings. The van der Waals surface area contributed by atoms with Crippen LogP contribution < -0.4 is 0 Å². The topological polar surface area (TPSA) is 43.4 Å². The van der Waals surface area contributed by atoms with Gasteiger partial charge in [-0.05, 0) is 38.0 Å². The lowest BCUT2D eigenvalue weighted by molar-refractivity contribution is -0.160. The maximum absolute atomic E-state index is 13.7. The number of carbonyl (C=O) groups is 1. The predicted molar refractivity (Wildman–Crippen MR) is 63.5 cm³/mol. The van der Waals surface area contributed by atoms with Gasteiger partial charge >= 0.3 is 11.2 Å². The van der Waals surface area contributed by atoms with Crippen molar-refractivity contribution in [2.45, 2.75) is 36.7 Å². The highest BCUT2D eigenvalue weighted by atomic mass is 32.2. The normalized spacial score (nSPS) is 32.3. The summed E-state index contributed by atoms with van der Waals surface area (Å²) in [6.07, 6.45) is 6.07. The molecule has 2 bridgehead atoms. The van der Waals surface area contributed by atoms with Crippen LogP contribution in [0.1, 0.15) is 26.2 Å². The fraction of sp³-hybridized carbons (Fsp3) is 0.750. The standard InChI is InChI=1S/C12H16F2O3S/c1-2-17-11(15)12(13,14)18(16)10-7-8-3-5-9(10)6-4-8/h3,5,8-10H,2,4,6-7H2,1H3/t8-,9+,10-,18?/m1/s1. The number of fused-ring (bicyclic) bond motifs is 2. The van der Waals surface area contributed by atoms with E-state index >= 15 is 0 Å². The Hall–Kier alpha value is -0.780. The molecule has 0 aliphatic heterocycles. The highest BCUT2D eigenvalue weighted by Crippen LogP contribution is 2.41. The molecule has 0 N–H and O–H groups in total. The summed E-state index contributed by atoms with van der Waals surface area (Å²) in [6, 6.07) is 0. The Balaban J connectivity index is 2.12. The monoisotopic (exact) mass is 278 g/mol. The Morgan fingerprint density at radius 3 is 2.61 bits per heavy atom. The van der Waals surface area contributed by atoms with Gasteiger partial charge < -0.3 is 4.74 Å². The quantitative estimate of drug-likeness (QED) is 0.585. The van der Waals surface area contributed by atoms with Crippen molar-refractivity contribution in [1.82, 2.24) is 0 Å². The van der Waals surface area contributed by atoms with Gasteiger partial charge in [-0.1, -0.05) is 12.2 Å². The van der Waals surface area contributed by atoms with E-state index in [-0.39, 0.29) is 18.4 Å². The predicted octanol–water partition coefficient (Wildman–Crippen LogP) is 2.25. The third kappa shape index (κ3) is 2.35. The fourth-order valence-electron chi connectivity index (χ4n) is 2.61. The molecule has 0 saturated heterocycles. The van der Waals surface area contributed by atoms with Crippen molar-refractivity contribution in [1.29, 1.82) is 0 Å². The Kier molecular flexibility index (Phi) is 3.84. The van der Waals surface area contributed by atoms with Crippen LogP contribution in [0.15, 0.2) is 12.2 Å². The molecular weight excluding hydrogens is 262 g/mol. The summed E-state index contributed by atoms with van der Waals surface area (Å²) in [5, 5.41) is -4.53. The molecule has 0 aromatic heterocycles. The van der Waals surface area contributed by atoms with E-state index < -0.39 is 27.3 Å². The van der Waals surface area contributed by atoms with Crippen molar-refractivity contribution in [2.75, 3.05) is 6.61 Å². The fourth-order valence-corrected chi connectivity index (χ4v) is 4.18. The van der Waals surface area contributed by atoms with Gasteiger partial charge in [0.05, 0.1) is 6.61 Å². The van der Waals surface area contributed by atoms with Crippen LogP contribution in [-0.2, 0) is 20.3 Å². The van der Waals surface area contributed by atoms with Crippen LogP contribution >= 0.6 is 0 Å². The van der Waals surface area contributed by atoms with Gasteiger partial charge in [-0.2, -0.15) is 8.78 Å². The molecule has 0 heterocycles. The van der Waals surface area contributed by atoms with E-state index in [2.05, 4.69) is 4.74 Å². The van der Waals surface area contributed by atoms with E-state index in [0.717, 1.165) is 12.8 Å². The van der Waals surface area contributed by atoms with Crippen LogP contribution in [-0.4, -0.2) is 27.3 Å². The van der Waals surface area contributed by atoms with E-state index in [1.807, 2.05) is 12.2 Å². The molecule has 1 saturated carbocycles. The molecule has 0 aromatic rings. The summed E-state index contributed by atoms with van der Waals surface area (Å²) < 4.78 is 43.7. The maximum Gasteiger partial charge on any atom is 0.416 e. The second kappa shape index (κ2) is 5.07. The molecule has 0 spiro atoms. The van der Waals surface area contributed by atoms with Gasteiger partial charge in [-0.25, -0.2) is 4.79 Å². The summed E-state index contributed by atoms with van der Waals surface area (Å²) in [7, 11) is -2.51. The van der Waals surface area contributed by atoms with E-state index in [0.29, 0.717) is 6.42 Å². The smallest absolute Gasteiger partial charge is 0.416 e. The van der Waals surface area contributed by atoms with Gasteiger partial charge in [-0.3, -0.25) is 4.21 Å². The number of carbonyl (C=O) groups excluding carboxylic acids is 1. The van der Waals surface area contributed by atoms with Crippen LogP contribution in [0.2, 0.25) is 0 Å². The highest BCUT2D eigenvalue weighted by Gasteiger charge is 2.53. The number of halogens is 2. The van der Waals surface area contributed by atoms with Crippen molar-refractivity contribution in [3.05, 3.63) is 12.2 Å². The van der Waals surface area contributed by atoms with E-state index in [1.54, 1.807) is 0 Å².